The lowest BCUT2D eigenvalue weighted by molar-refractivity contribution is -0.139. The maximum Gasteiger partial charge on any atom is 0.243 e. The number of nitrogens with one attached hydrogen (secondary N) is 1. The highest BCUT2D eigenvalue weighted by molar-refractivity contribution is 7.99. The molecule has 0 radical (unpaired) electrons. The second-order valence-electron chi connectivity index (χ2n) is 9.33. The van der Waals surface area contributed by atoms with Crippen LogP contribution in [0.2, 0.25) is 0 Å². The molecule has 3 aromatic rings. The van der Waals surface area contributed by atoms with Crippen molar-refractivity contribution < 1.29 is 9.59 Å². The highest BCUT2D eigenvalue weighted by Crippen LogP contribution is 2.19. The highest BCUT2D eigenvalue weighted by Gasteiger charge is 2.30. The topological polar surface area (TPSA) is 49.4 Å². The number of carbonyl (C=O) groups excluding carboxylic acids is 2. The number of thioether (sulfide) groups is 1. The number of nitrogens with zero attached hydrogens (tertiary/aromatic N) is 1. The molecule has 0 aliphatic rings. The summed E-state index contributed by atoms with van der Waals surface area (Å²) in [4.78, 5) is 28.8. The molecule has 3 rings (SSSR count). The number of aryl methyl sites for hydroxylation is 1. The molecule has 0 fully saturated rings. The molecular formula is C30H36N2O2S. The first kappa shape index (κ1) is 26.6. The zero-order valence-electron chi connectivity index (χ0n) is 20.9. The molecule has 0 bridgehead atoms. The molecule has 184 valence electrons. The fraction of sp³-hybridized carbons (Fsp3) is 0.333. The molecule has 1 unspecified atom stereocenters. The van der Waals surface area contributed by atoms with Crippen molar-refractivity contribution in [2.24, 2.45) is 5.92 Å². The van der Waals surface area contributed by atoms with Gasteiger partial charge in [-0.1, -0.05) is 104 Å². The van der Waals surface area contributed by atoms with Crippen LogP contribution in [0.1, 0.15) is 36.1 Å². The maximum atomic E-state index is 13.6. The van der Waals surface area contributed by atoms with E-state index in [0.29, 0.717) is 31.2 Å². The van der Waals surface area contributed by atoms with Crippen molar-refractivity contribution in [2.75, 3.05) is 12.3 Å². The first-order chi connectivity index (χ1) is 16.9. The second kappa shape index (κ2) is 13.7. The Hall–Kier alpha value is -3.05. The van der Waals surface area contributed by atoms with Gasteiger partial charge in [0.05, 0.1) is 5.75 Å². The number of benzene rings is 3. The second-order valence-corrected chi connectivity index (χ2v) is 10.3. The molecule has 4 nitrogen and oxygen atoms in total. The Morgan fingerprint density at radius 3 is 2.03 bits per heavy atom. The van der Waals surface area contributed by atoms with Crippen molar-refractivity contribution in [1.82, 2.24) is 10.2 Å². The van der Waals surface area contributed by atoms with Gasteiger partial charge in [-0.2, -0.15) is 0 Å². The van der Waals surface area contributed by atoms with Gasteiger partial charge in [0.25, 0.3) is 0 Å². The van der Waals surface area contributed by atoms with Crippen LogP contribution in [0.15, 0.2) is 84.9 Å². The summed E-state index contributed by atoms with van der Waals surface area (Å²) in [5.41, 5.74) is 4.47. The van der Waals surface area contributed by atoms with Crippen LogP contribution in [-0.4, -0.2) is 35.1 Å². The zero-order valence-corrected chi connectivity index (χ0v) is 21.8. The van der Waals surface area contributed by atoms with Crippen molar-refractivity contribution >= 4 is 23.6 Å². The first-order valence-corrected chi connectivity index (χ1v) is 13.4. The van der Waals surface area contributed by atoms with Gasteiger partial charge >= 0.3 is 0 Å². The van der Waals surface area contributed by atoms with E-state index in [1.807, 2.05) is 60.7 Å². The van der Waals surface area contributed by atoms with E-state index >= 15 is 0 Å². The van der Waals surface area contributed by atoms with Crippen LogP contribution in [0, 0.1) is 12.8 Å². The van der Waals surface area contributed by atoms with Gasteiger partial charge in [0.1, 0.15) is 6.04 Å². The minimum atomic E-state index is -0.580. The molecule has 0 aliphatic heterocycles. The zero-order chi connectivity index (χ0) is 25.0. The van der Waals surface area contributed by atoms with E-state index in [1.54, 1.807) is 16.7 Å². The van der Waals surface area contributed by atoms with E-state index in [-0.39, 0.29) is 11.8 Å². The minimum Gasteiger partial charge on any atom is -0.354 e. The largest absolute Gasteiger partial charge is 0.354 e. The summed E-state index contributed by atoms with van der Waals surface area (Å²) in [5, 5.41) is 3.07. The van der Waals surface area contributed by atoms with Crippen LogP contribution in [0.4, 0.5) is 0 Å². The Kier molecular flexibility index (Phi) is 10.4. The first-order valence-electron chi connectivity index (χ1n) is 12.2. The molecule has 1 atom stereocenters. The minimum absolute atomic E-state index is 0.0217. The molecule has 0 saturated carbocycles. The fourth-order valence-corrected chi connectivity index (χ4v) is 4.65. The monoisotopic (exact) mass is 488 g/mol. The van der Waals surface area contributed by atoms with Gasteiger partial charge in [0.2, 0.25) is 11.8 Å². The number of amides is 2. The van der Waals surface area contributed by atoms with Crippen molar-refractivity contribution in [3.63, 3.8) is 0 Å². The molecule has 5 heteroatoms. The lowest BCUT2D eigenvalue weighted by Crippen LogP contribution is -2.51. The SMILES string of the molecule is Cc1ccc(CSCC(=O)N(Cc2ccccc2)C(Cc2ccccc2)C(=O)NCC(C)C)cc1. The molecule has 0 aromatic heterocycles. The molecule has 0 spiro atoms. The van der Waals surface area contributed by atoms with Crippen molar-refractivity contribution in [2.45, 2.75) is 45.5 Å². The van der Waals surface area contributed by atoms with E-state index in [2.05, 4.69) is 50.4 Å². The molecular weight excluding hydrogens is 452 g/mol. The van der Waals surface area contributed by atoms with Crippen LogP contribution in [-0.2, 0) is 28.3 Å². The predicted octanol–water partition coefficient (Wildman–Crippen LogP) is 5.64. The molecule has 2 amide bonds. The van der Waals surface area contributed by atoms with Crippen LogP contribution in [0.3, 0.4) is 0 Å². The van der Waals surface area contributed by atoms with Crippen LogP contribution >= 0.6 is 11.8 Å². The summed E-state index contributed by atoms with van der Waals surface area (Å²) in [7, 11) is 0. The Balaban J connectivity index is 1.80. The van der Waals surface area contributed by atoms with Crippen molar-refractivity contribution in [3.05, 3.63) is 107 Å². The quantitative estimate of drug-likeness (QED) is 0.359. The fourth-order valence-electron chi connectivity index (χ4n) is 3.78. The Bertz CT molecular complexity index is 1050. The molecule has 3 aromatic carbocycles. The Morgan fingerprint density at radius 2 is 1.43 bits per heavy atom. The third-order valence-corrected chi connectivity index (χ3v) is 6.75. The van der Waals surface area contributed by atoms with Gasteiger partial charge in [-0.15, -0.1) is 11.8 Å². The van der Waals surface area contributed by atoms with E-state index in [4.69, 9.17) is 0 Å². The average Bonchev–Trinajstić information content (AvgIpc) is 2.87. The average molecular weight is 489 g/mol. The lowest BCUT2D eigenvalue weighted by Gasteiger charge is -2.31. The van der Waals surface area contributed by atoms with Crippen LogP contribution < -0.4 is 5.32 Å². The van der Waals surface area contributed by atoms with Gasteiger partial charge in [-0.25, -0.2) is 0 Å². The van der Waals surface area contributed by atoms with E-state index in [9.17, 15) is 9.59 Å². The Labute approximate surface area is 214 Å². The number of carbonyl (C=O) groups is 2. The van der Waals surface area contributed by atoms with Gasteiger partial charge in [-0.05, 0) is 29.5 Å². The van der Waals surface area contributed by atoms with E-state index in [0.717, 1.165) is 16.9 Å². The summed E-state index contributed by atoms with van der Waals surface area (Å²) in [5.74, 6) is 1.29. The lowest BCUT2D eigenvalue weighted by atomic mass is 10.0. The number of hydrogen-bond donors (Lipinski definition) is 1. The predicted molar refractivity (Wildman–Crippen MR) is 146 cm³/mol. The maximum absolute atomic E-state index is 13.6. The normalized spacial score (nSPS) is 11.8. The standard InChI is InChI=1S/C30H36N2O2S/c1-23(2)19-31-30(34)28(18-25-10-6-4-7-11-25)32(20-26-12-8-5-9-13-26)29(33)22-35-21-27-16-14-24(3)15-17-27/h4-17,23,28H,18-22H2,1-3H3,(H,31,34). The van der Waals surface area contributed by atoms with Gasteiger partial charge in [0.15, 0.2) is 0 Å². The summed E-state index contributed by atoms with van der Waals surface area (Å²) in [6.45, 7) is 7.19. The van der Waals surface area contributed by atoms with E-state index in [1.165, 1.54) is 11.1 Å². The van der Waals surface area contributed by atoms with Gasteiger partial charge in [0, 0.05) is 25.3 Å². The van der Waals surface area contributed by atoms with Crippen molar-refractivity contribution in [1.29, 1.82) is 0 Å². The molecule has 35 heavy (non-hydrogen) atoms. The van der Waals surface area contributed by atoms with Gasteiger partial charge < -0.3 is 10.2 Å². The smallest absolute Gasteiger partial charge is 0.243 e. The Morgan fingerprint density at radius 1 is 0.829 bits per heavy atom. The molecule has 1 N–H and O–H groups in total. The van der Waals surface area contributed by atoms with Crippen molar-refractivity contribution in [3.8, 4) is 0 Å². The number of rotatable bonds is 12. The summed E-state index contributed by atoms with van der Waals surface area (Å²) < 4.78 is 0. The molecule has 0 aliphatic carbocycles. The third kappa shape index (κ3) is 8.91. The summed E-state index contributed by atoms with van der Waals surface area (Å²) >= 11 is 1.59. The number of hydrogen-bond acceptors (Lipinski definition) is 3. The van der Waals surface area contributed by atoms with Crippen LogP contribution in [0.5, 0.6) is 0 Å². The summed E-state index contributed by atoms with van der Waals surface area (Å²) in [6.07, 6.45) is 0.478. The molecule has 0 saturated heterocycles. The van der Waals surface area contributed by atoms with Crippen LogP contribution in [0.25, 0.3) is 0 Å². The third-order valence-electron chi connectivity index (χ3n) is 5.77. The van der Waals surface area contributed by atoms with Gasteiger partial charge in [-0.3, -0.25) is 9.59 Å². The highest BCUT2D eigenvalue weighted by atomic mass is 32.2. The van der Waals surface area contributed by atoms with E-state index < -0.39 is 6.04 Å². The summed E-state index contributed by atoms with van der Waals surface area (Å²) in [6, 6.07) is 27.7. The molecule has 0 heterocycles.